The first-order valence-corrected chi connectivity index (χ1v) is 15.3. The summed E-state index contributed by atoms with van der Waals surface area (Å²) in [6.07, 6.45) is -5.60. The van der Waals surface area contributed by atoms with E-state index in [0.717, 1.165) is 27.1 Å². The number of ether oxygens (including phenoxy) is 4. The number of carbonyl (C=O) groups is 2. The van der Waals surface area contributed by atoms with Crippen LogP contribution in [0.1, 0.15) is 36.1 Å². The van der Waals surface area contributed by atoms with Crippen LogP contribution in [0.15, 0.2) is 120 Å². The highest BCUT2D eigenvalue weighted by molar-refractivity contribution is 7.99. The van der Waals surface area contributed by atoms with Crippen molar-refractivity contribution in [2.75, 3.05) is 6.61 Å². The molecule has 0 bridgehead atoms. The maximum Gasteiger partial charge on any atom is 0.303 e. The first-order valence-electron chi connectivity index (χ1n) is 14.5. The van der Waals surface area contributed by atoms with Gasteiger partial charge in [0.25, 0.3) is 0 Å². The van der Waals surface area contributed by atoms with E-state index in [1.54, 1.807) is 0 Å². The Kier molecular flexibility index (Phi) is 10.1. The van der Waals surface area contributed by atoms with Gasteiger partial charge in [0.15, 0.2) is 18.4 Å². The molecule has 5 unspecified atom stereocenters. The summed E-state index contributed by atoms with van der Waals surface area (Å²) in [5.41, 5.74) is 1.62. The summed E-state index contributed by atoms with van der Waals surface area (Å²) in [6, 6.07) is 37.0. The van der Waals surface area contributed by atoms with Crippen LogP contribution in [0.3, 0.4) is 0 Å². The summed E-state index contributed by atoms with van der Waals surface area (Å²) < 4.78 is 40.7. The normalized spacial score (nSPS) is 21.8. The summed E-state index contributed by atoms with van der Waals surface area (Å²) in [5, 5.41) is 0. The van der Waals surface area contributed by atoms with Gasteiger partial charge in [0.05, 0.1) is 6.61 Å². The average molecular weight is 615 g/mol. The lowest BCUT2D eigenvalue weighted by Gasteiger charge is -2.43. The lowest BCUT2D eigenvalue weighted by atomic mass is 9.80. The third-order valence-corrected chi connectivity index (χ3v) is 8.61. The van der Waals surface area contributed by atoms with Crippen molar-refractivity contribution in [1.82, 2.24) is 0 Å². The molecule has 1 heterocycles. The molecule has 4 aromatic carbocycles. The van der Waals surface area contributed by atoms with E-state index < -0.39 is 47.5 Å². The van der Waals surface area contributed by atoms with Crippen molar-refractivity contribution in [2.24, 2.45) is 0 Å². The van der Waals surface area contributed by atoms with Crippen molar-refractivity contribution < 1.29 is 32.9 Å². The SMILES string of the molecule is CC(=O)OC1C(Sc2ccc(C)cc2)OC(COC(c2ccccc2)(c2ccccc2)c2ccccc2)C(F)C1OC(C)=O. The van der Waals surface area contributed by atoms with E-state index >= 15 is 4.39 Å². The van der Waals surface area contributed by atoms with Crippen molar-refractivity contribution in [3.8, 4) is 0 Å². The Balaban J connectivity index is 1.54. The number of carbonyl (C=O) groups excluding carboxylic acids is 2. The molecule has 228 valence electrons. The van der Waals surface area contributed by atoms with Crippen molar-refractivity contribution in [2.45, 2.75) is 61.2 Å². The van der Waals surface area contributed by atoms with Crippen LogP contribution in [0, 0.1) is 6.92 Å². The van der Waals surface area contributed by atoms with Gasteiger partial charge < -0.3 is 18.9 Å². The molecule has 0 aliphatic carbocycles. The zero-order chi connectivity index (χ0) is 31.1. The number of thioether (sulfide) groups is 1. The van der Waals surface area contributed by atoms with Gasteiger partial charge in [-0.25, -0.2) is 4.39 Å². The van der Waals surface area contributed by atoms with E-state index in [4.69, 9.17) is 18.9 Å². The fourth-order valence-corrected chi connectivity index (χ4v) is 6.57. The second kappa shape index (κ2) is 14.2. The minimum absolute atomic E-state index is 0.199. The predicted octanol–water partition coefficient (Wildman–Crippen LogP) is 7.02. The van der Waals surface area contributed by atoms with Crippen molar-refractivity contribution in [3.63, 3.8) is 0 Å². The van der Waals surface area contributed by atoms with E-state index in [1.807, 2.05) is 122 Å². The Morgan fingerprint density at radius 2 is 1.18 bits per heavy atom. The van der Waals surface area contributed by atoms with E-state index in [9.17, 15) is 9.59 Å². The fourth-order valence-electron chi connectivity index (χ4n) is 5.46. The lowest BCUT2D eigenvalue weighted by molar-refractivity contribution is -0.221. The standard InChI is InChI=1S/C36H35FO6S/c1-24-19-21-30(22-20-24)44-35-34(42-26(3)39)33(41-25(2)38)32(37)31(43-35)23-40-36(27-13-7-4-8-14-27,28-15-9-5-10-16-28)29-17-11-6-12-18-29/h4-22,31-35H,23H2,1-3H3. The fraction of sp³-hybridized carbons (Fsp3) is 0.278. The van der Waals surface area contributed by atoms with Crippen LogP contribution in [-0.4, -0.2) is 48.5 Å². The Hall–Kier alpha value is -3.98. The topological polar surface area (TPSA) is 71.1 Å². The minimum Gasteiger partial charge on any atom is -0.455 e. The van der Waals surface area contributed by atoms with E-state index in [-0.39, 0.29) is 6.61 Å². The first kappa shape index (κ1) is 31.4. The maximum atomic E-state index is 16.4. The van der Waals surface area contributed by atoms with Crippen LogP contribution >= 0.6 is 11.8 Å². The minimum atomic E-state index is -1.85. The molecule has 44 heavy (non-hydrogen) atoms. The first-order chi connectivity index (χ1) is 21.3. The molecule has 0 N–H and O–H groups in total. The van der Waals surface area contributed by atoms with Gasteiger partial charge in [0, 0.05) is 18.7 Å². The molecular formula is C36H35FO6S. The molecule has 5 atom stereocenters. The predicted molar refractivity (Wildman–Crippen MR) is 167 cm³/mol. The van der Waals surface area contributed by atoms with Gasteiger partial charge in [-0.05, 0) is 35.7 Å². The summed E-state index contributed by atoms with van der Waals surface area (Å²) in [7, 11) is 0. The lowest BCUT2D eigenvalue weighted by Crippen LogP contribution is -2.59. The van der Waals surface area contributed by atoms with Crippen LogP contribution in [0.2, 0.25) is 0 Å². The van der Waals surface area contributed by atoms with Crippen molar-refractivity contribution in [3.05, 3.63) is 138 Å². The third-order valence-electron chi connectivity index (χ3n) is 7.45. The van der Waals surface area contributed by atoms with Gasteiger partial charge in [-0.2, -0.15) is 0 Å². The number of hydrogen-bond donors (Lipinski definition) is 0. The quantitative estimate of drug-likeness (QED) is 0.140. The molecular weight excluding hydrogens is 579 g/mol. The van der Waals surface area contributed by atoms with Gasteiger partial charge in [0.1, 0.15) is 17.1 Å². The van der Waals surface area contributed by atoms with Crippen molar-refractivity contribution >= 4 is 23.7 Å². The Bertz CT molecular complexity index is 1420. The molecule has 8 heteroatoms. The Labute approximate surface area is 261 Å². The average Bonchev–Trinajstić information content (AvgIpc) is 3.03. The van der Waals surface area contributed by atoms with E-state index in [2.05, 4.69) is 0 Å². The molecule has 0 amide bonds. The number of esters is 2. The molecule has 1 saturated heterocycles. The van der Waals surface area contributed by atoms with E-state index in [0.29, 0.717) is 0 Å². The Morgan fingerprint density at radius 1 is 0.727 bits per heavy atom. The summed E-state index contributed by atoms with van der Waals surface area (Å²) in [6.45, 7) is 4.21. The zero-order valence-electron chi connectivity index (χ0n) is 24.8. The molecule has 4 aromatic rings. The molecule has 0 spiro atoms. The molecule has 0 aromatic heterocycles. The molecule has 1 aliphatic heterocycles. The van der Waals surface area contributed by atoms with Crippen LogP contribution in [-0.2, 0) is 34.1 Å². The number of halogens is 1. The highest BCUT2D eigenvalue weighted by atomic mass is 32.2. The second-order valence-corrected chi connectivity index (χ2v) is 11.8. The van der Waals surface area contributed by atoms with Gasteiger partial charge in [-0.15, -0.1) is 0 Å². The third kappa shape index (κ3) is 7.04. The van der Waals surface area contributed by atoms with Gasteiger partial charge in [0.2, 0.25) is 0 Å². The van der Waals surface area contributed by atoms with Gasteiger partial charge in [-0.1, -0.05) is 120 Å². The molecule has 0 saturated carbocycles. The van der Waals surface area contributed by atoms with E-state index in [1.165, 1.54) is 25.6 Å². The molecule has 6 nitrogen and oxygen atoms in total. The summed E-state index contributed by atoms with van der Waals surface area (Å²) in [5.74, 6) is -1.33. The number of hydrogen-bond acceptors (Lipinski definition) is 7. The summed E-state index contributed by atoms with van der Waals surface area (Å²) in [4.78, 5) is 25.1. The van der Waals surface area contributed by atoms with Crippen LogP contribution < -0.4 is 0 Å². The molecule has 5 rings (SSSR count). The molecule has 1 aliphatic rings. The van der Waals surface area contributed by atoms with Gasteiger partial charge >= 0.3 is 11.9 Å². The largest absolute Gasteiger partial charge is 0.455 e. The molecule has 0 radical (unpaired) electrons. The Morgan fingerprint density at radius 3 is 1.64 bits per heavy atom. The highest BCUT2D eigenvalue weighted by Crippen LogP contribution is 2.43. The highest BCUT2D eigenvalue weighted by Gasteiger charge is 2.52. The second-order valence-electron chi connectivity index (χ2n) is 10.7. The van der Waals surface area contributed by atoms with Gasteiger partial charge in [-0.3, -0.25) is 9.59 Å². The van der Waals surface area contributed by atoms with Crippen LogP contribution in [0.4, 0.5) is 4.39 Å². The monoisotopic (exact) mass is 614 g/mol. The van der Waals surface area contributed by atoms with Crippen LogP contribution in [0.25, 0.3) is 0 Å². The maximum absolute atomic E-state index is 16.4. The van der Waals surface area contributed by atoms with Crippen molar-refractivity contribution in [1.29, 1.82) is 0 Å². The number of aryl methyl sites for hydroxylation is 1. The number of alkyl halides is 1. The number of rotatable bonds is 10. The zero-order valence-corrected chi connectivity index (χ0v) is 25.6. The summed E-state index contributed by atoms with van der Waals surface area (Å²) >= 11 is 1.27. The molecule has 1 fully saturated rings. The number of benzene rings is 4. The van der Waals surface area contributed by atoms with Crippen LogP contribution in [0.5, 0.6) is 0 Å². The smallest absolute Gasteiger partial charge is 0.303 e.